The van der Waals surface area contributed by atoms with Crippen molar-refractivity contribution in [2.24, 2.45) is 5.73 Å². The molecule has 25 heavy (non-hydrogen) atoms. The van der Waals surface area contributed by atoms with Crippen molar-refractivity contribution in [3.05, 3.63) is 54.1 Å². The van der Waals surface area contributed by atoms with E-state index in [1.165, 1.54) is 0 Å². The molecule has 0 bridgehead atoms. The van der Waals surface area contributed by atoms with E-state index >= 15 is 0 Å². The van der Waals surface area contributed by atoms with Crippen LogP contribution >= 0.6 is 0 Å². The lowest BCUT2D eigenvalue weighted by Gasteiger charge is -2.29. The second-order valence-corrected chi connectivity index (χ2v) is 6.68. The lowest BCUT2D eigenvalue weighted by atomic mass is 10.0. The van der Waals surface area contributed by atoms with Crippen LogP contribution in [0.3, 0.4) is 0 Å². The van der Waals surface area contributed by atoms with E-state index < -0.39 is 0 Å². The summed E-state index contributed by atoms with van der Waals surface area (Å²) in [5.74, 6) is 0.906. The van der Waals surface area contributed by atoms with Gasteiger partial charge in [-0.2, -0.15) is 0 Å². The Morgan fingerprint density at radius 3 is 2.56 bits per heavy atom. The predicted molar refractivity (Wildman–Crippen MR) is 102 cm³/mol. The van der Waals surface area contributed by atoms with Gasteiger partial charge in [0.1, 0.15) is 5.75 Å². The first kappa shape index (κ1) is 17.9. The number of hydrogen-bond acceptors (Lipinski definition) is 4. The monoisotopic (exact) mass is 340 g/mol. The van der Waals surface area contributed by atoms with Crippen molar-refractivity contribution in [3.8, 4) is 16.9 Å². The maximum atomic E-state index is 9.57. The fraction of sp³-hybridized carbons (Fsp3) is 0.429. The van der Waals surface area contributed by atoms with Crippen LogP contribution in [0, 0.1) is 0 Å². The standard InChI is InChI=1S/C21H28N2O2/c22-16-17-7-8-20(18-5-2-1-3-6-18)21(15-17)25-14-4-11-23-12-9-19(24)10-13-23/h1-3,5-8,15,19,24H,4,9-14,16,22H2. The van der Waals surface area contributed by atoms with Crippen molar-refractivity contribution in [3.63, 3.8) is 0 Å². The van der Waals surface area contributed by atoms with Gasteiger partial charge in [-0.3, -0.25) is 0 Å². The number of nitrogens with zero attached hydrogens (tertiary/aromatic N) is 1. The maximum Gasteiger partial charge on any atom is 0.127 e. The third-order valence-electron chi connectivity index (χ3n) is 4.80. The molecule has 1 saturated heterocycles. The molecule has 134 valence electrons. The van der Waals surface area contributed by atoms with Crippen molar-refractivity contribution in [1.29, 1.82) is 0 Å². The summed E-state index contributed by atoms with van der Waals surface area (Å²) in [5, 5.41) is 9.57. The van der Waals surface area contributed by atoms with Gasteiger partial charge in [0, 0.05) is 31.7 Å². The highest BCUT2D eigenvalue weighted by atomic mass is 16.5. The summed E-state index contributed by atoms with van der Waals surface area (Å²) in [7, 11) is 0. The highest BCUT2D eigenvalue weighted by molar-refractivity contribution is 5.70. The first-order valence-corrected chi connectivity index (χ1v) is 9.18. The van der Waals surface area contributed by atoms with Gasteiger partial charge >= 0.3 is 0 Å². The van der Waals surface area contributed by atoms with Crippen molar-refractivity contribution in [2.75, 3.05) is 26.2 Å². The van der Waals surface area contributed by atoms with Gasteiger partial charge < -0.3 is 20.5 Å². The molecule has 0 unspecified atom stereocenters. The Morgan fingerprint density at radius 2 is 1.84 bits per heavy atom. The highest BCUT2D eigenvalue weighted by Gasteiger charge is 2.16. The van der Waals surface area contributed by atoms with Crippen LogP contribution in [0.4, 0.5) is 0 Å². The maximum absolute atomic E-state index is 9.57. The van der Waals surface area contributed by atoms with Crippen LogP contribution in [0.1, 0.15) is 24.8 Å². The number of aliphatic hydroxyl groups is 1. The van der Waals surface area contributed by atoms with E-state index in [1.54, 1.807) is 0 Å². The molecule has 0 aromatic heterocycles. The third kappa shape index (κ3) is 5.05. The van der Waals surface area contributed by atoms with Crippen LogP contribution in [0.15, 0.2) is 48.5 Å². The molecular weight excluding hydrogens is 312 g/mol. The Bertz CT molecular complexity index is 652. The molecule has 3 rings (SSSR count). The second-order valence-electron chi connectivity index (χ2n) is 6.68. The molecule has 4 nitrogen and oxygen atoms in total. The highest BCUT2D eigenvalue weighted by Crippen LogP contribution is 2.31. The lowest BCUT2D eigenvalue weighted by Crippen LogP contribution is -2.36. The zero-order chi connectivity index (χ0) is 17.5. The van der Waals surface area contributed by atoms with Gasteiger partial charge in [-0.15, -0.1) is 0 Å². The molecule has 1 aliphatic rings. The molecule has 0 atom stereocenters. The molecule has 2 aromatic rings. The predicted octanol–water partition coefficient (Wildman–Crippen LogP) is 3.04. The molecule has 1 fully saturated rings. The van der Waals surface area contributed by atoms with Gasteiger partial charge in [-0.05, 0) is 36.5 Å². The van der Waals surface area contributed by atoms with Crippen LogP contribution in [0.25, 0.3) is 11.1 Å². The van der Waals surface area contributed by atoms with Gasteiger partial charge in [0.2, 0.25) is 0 Å². The normalized spacial score (nSPS) is 16.1. The van der Waals surface area contributed by atoms with Gasteiger partial charge in [0.05, 0.1) is 12.7 Å². The Morgan fingerprint density at radius 1 is 1.08 bits per heavy atom. The van der Waals surface area contributed by atoms with Crippen molar-refractivity contribution >= 4 is 0 Å². The summed E-state index contributed by atoms with van der Waals surface area (Å²) < 4.78 is 6.11. The molecule has 4 heteroatoms. The number of rotatable bonds is 7. The number of aliphatic hydroxyl groups excluding tert-OH is 1. The van der Waals surface area contributed by atoms with Crippen molar-refractivity contribution in [1.82, 2.24) is 4.90 Å². The SMILES string of the molecule is NCc1ccc(-c2ccccc2)c(OCCCN2CCC(O)CC2)c1. The number of hydrogen-bond donors (Lipinski definition) is 2. The molecule has 2 aromatic carbocycles. The number of ether oxygens (including phenoxy) is 1. The number of piperidine rings is 1. The largest absolute Gasteiger partial charge is 0.493 e. The lowest BCUT2D eigenvalue weighted by molar-refractivity contribution is 0.0800. The van der Waals surface area contributed by atoms with E-state index in [2.05, 4.69) is 35.2 Å². The third-order valence-corrected chi connectivity index (χ3v) is 4.80. The Kier molecular flexibility index (Phi) is 6.45. The second kappa shape index (κ2) is 8.99. The number of benzene rings is 2. The summed E-state index contributed by atoms with van der Waals surface area (Å²) in [4.78, 5) is 2.41. The van der Waals surface area contributed by atoms with Crippen LogP contribution in [-0.2, 0) is 6.54 Å². The molecule has 1 heterocycles. The van der Waals surface area contributed by atoms with Gasteiger partial charge in [0.15, 0.2) is 0 Å². The summed E-state index contributed by atoms with van der Waals surface area (Å²) in [6, 6.07) is 16.5. The Balaban J connectivity index is 1.59. The molecule has 0 saturated carbocycles. The van der Waals surface area contributed by atoms with E-state index in [1.807, 2.05) is 18.2 Å². The molecule has 0 aliphatic carbocycles. The Labute approximate surface area is 150 Å². The molecule has 0 spiro atoms. The molecular formula is C21H28N2O2. The fourth-order valence-corrected chi connectivity index (χ4v) is 3.28. The van der Waals surface area contributed by atoms with E-state index in [-0.39, 0.29) is 6.10 Å². The number of likely N-dealkylation sites (tertiary alicyclic amines) is 1. The molecule has 0 amide bonds. The summed E-state index contributed by atoms with van der Waals surface area (Å²) in [6.07, 6.45) is 2.65. The molecule has 1 aliphatic heterocycles. The zero-order valence-electron chi connectivity index (χ0n) is 14.7. The average molecular weight is 340 g/mol. The van der Waals surface area contributed by atoms with Gasteiger partial charge in [-0.1, -0.05) is 42.5 Å². The topological polar surface area (TPSA) is 58.7 Å². The minimum atomic E-state index is -0.111. The van der Waals surface area contributed by atoms with Crippen molar-refractivity contribution < 1.29 is 9.84 Å². The smallest absolute Gasteiger partial charge is 0.127 e. The molecule has 0 radical (unpaired) electrons. The van der Waals surface area contributed by atoms with Gasteiger partial charge in [0.25, 0.3) is 0 Å². The number of nitrogens with two attached hydrogens (primary N) is 1. The average Bonchev–Trinajstić information content (AvgIpc) is 2.67. The van der Waals surface area contributed by atoms with E-state index in [9.17, 15) is 5.11 Å². The zero-order valence-corrected chi connectivity index (χ0v) is 14.7. The summed E-state index contributed by atoms with van der Waals surface area (Å²) in [5.41, 5.74) is 9.14. The quantitative estimate of drug-likeness (QED) is 0.761. The van der Waals surface area contributed by atoms with Crippen LogP contribution in [0.2, 0.25) is 0 Å². The summed E-state index contributed by atoms with van der Waals surface area (Å²) in [6.45, 7) is 4.19. The van der Waals surface area contributed by atoms with E-state index in [4.69, 9.17) is 10.5 Å². The first-order valence-electron chi connectivity index (χ1n) is 9.18. The van der Waals surface area contributed by atoms with Crippen LogP contribution < -0.4 is 10.5 Å². The molecule has 3 N–H and O–H groups in total. The minimum Gasteiger partial charge on any atom is -0.493 e. The van der Waals surface area contributed by atoms with Crippen LogP contribution in [0.5, 0.6) is 5.75 Å². The van der Waals surface area contributed by atoms with Crippen LogP contribution in [-0.4, -0.2) is 42.4 Å². The summed E-state index contributed by atoms with van der Waals surface area (Å²) >= 11 is 0. The van der Waals surface area contributed by atoms with Crippen molar-refractivity contribution in [2.45, 2.75) is 31.9 Å². The Hall–Kier alpha value is -1.88. The minimum absolute atomic E-state index is 0.111. The first-order chi connectivity index (χ1) is 12.3. The van der Waals surface area contributed by atoms with Gasteiger partial charge in [-0.25, -0.2) is 0 Å². The fourth-order valence-electron chi connectivity index (χ4n) is 3.28. The van der Waals surface area contributed by atoms with E-state index in [0.29, 0.717) is 13.2 Å². The van der Waals surface area contributed by atoms with E-state index in [0.717, 1.165) is 61.3 Å².